The van der Waals surface area contributed by atoms with Gasteiger partial charge in [0.15, 0.2) is 0 Å². The molecule has 0 aliphatic heterocycles. The van der Waals surface area contributed by atoms with Crippen LogP contribution in [0.4, 0.5) is 11.4 Å². The van der Waals surface area contributed by atoms with Crippen LogP contribution in [-0.2, 0) is 0 Å². The summed E-state index contributed by atoms with van der Waals surface area (Å²) in [6.45, 7) is 6.68. The van der Waals surface area contributed by atoms with Crippen molar-refractivity contribution in [2.45, 2.75) is 45.4 Å². The zero-order valence-corrected chi connectivity index (χ0v) is 22.6. The van der Waals surface area contributed by atoms with Crippen LogP contribution in [0.2, 0.25) is 0 Å². The monoisotopic (exact) mass is 483 g/mol. The van der Waals surface area contributed by atoms with Gasteiger partial charge in [-0.1, -0.05) is 63.1 Å². The normalized spacial score (nSPS) is 12.0. The first kappa shape index (κ1) is 25.7. The van der Waals surface area contributed by atoms with Gasteiger partial charge >= 0.3 is 0 Å². The number of fused-ring (bicyclic) bond motifs is 1. The second-order valence-electron chi connectivity index (χ2n) is 9.83. The highest BCUT2D eigenvalue weighted by Crippen LogP contribution is 2.42. The van der Waals surface area contributed by atoms with E-state index in [0.717, 1.165) is 24.4 Å². The molecule has 0 radical (unpaired) electrons. The maximum Gasteiger partial charge on any atom is 0.125 e. The molecule has 0 aliphatic rings. The van der Waals surface area contributed by atoms with Crippen molar-refractivity contribution in [1.29, 1.82) is 0 Å². The van der Waals surface area contributed by atoms with Gasteiger partial charge in [0.1, 0.15) is 5.75 Å². The molecular formula is C32H41N3O. The predicted molar refractivity (Wildman–Crippen MR) is 155 cm³/mol. The van der Waals surface area contributed by atoms with Crippen molar-refractivity contribution in [3.8, 4) is 5.75 Å². The SMILES string of the molecule is CCCCN(CCCC)c1ccc(C(c2ccc(N(C)C)cc2)c2c[nH]c3ccccc23)c(OC)c1. The van der Waals surface area contributed by atoms with Crippen LogP contribution in [0.15, 0.2) is 72.9 Å². The Morgan fingerprint density at radius 1 is 0.806 bits per heavy atom. The van der Waals surface area contributed by atoms with Crippen LogP contribution in [0.5, 0.6) is 5.75 Å². The summed E-state index contributed by atoms with van der Waals surface area (Å²) in [5, 5.41) is 1.25. The van der Waals surface area contributed by atoms with Gasteiger partial charge in [0.05, 0.1) is 7.11 Å². The molecule has 0 aliphatic carbocycles. The zero-order valence-electron chi connectivity index (χ0n) is 22.6. The standard InChI is InChI=1S/C32H41N3O/c1-6-8-20-35(21-9-7-2)26-18-19-28(31(22-26)36-5)32(24-14-16-25(17-15-24)34(3)4)29-23-33-30-13-11-10-12-27(29)30/h10-19,22-23,32-33H,6-9,20-21H2,1-5H3. The Balaban J connectivity index is 1.82. The van der Waals surface area contributed by atoms with E-state index in [0.29, 0.717) is 0 Å². The number of benzene rings is 3. The summed E-state index contributed by atoms with van der Waals surface area (Å²) < 4.78 is 6.07. The topological polar surface area (TPSA) is 31.5 Å². The molecule has 36 heavy (non-hydrogen) atoms. The molecule has 0 saturated carbocycles. The number of methoxy groups -OCH3 is 1. The van der Waals surface area contributed by atoms with E-state index >= 15 is 0 Å². The van der Waals surface area contributed by atoms with Gasteiger partial charge in [-0.05, 0) is 48.2 Å². The number of anilines is 2. The van der Waals surface area contributed by atoms with Gasteiger partial charge < -0.3 is 19.5 Å². The van der Waals surface area contributed by atoms with Crippen molar-refractivity contribution in [1.82, 2.24) is 4.98 Å². The molecule has 0 saturated heterocycles. The van der Waals surface area contributed by atoms with Crippen LogP contribution in [0.1, 0.15) is 62.1 Å². The molecule has 0 fully saturated rings. The number of rotatable bonds is 12. The van der Waals surface area contributed by atoms with Gasteiger partial charge in [-0.3, -0.25) is 0 Å². The second-order valence-corrected chi connectivity index (χ2v) is 9.83. The zero-order chi connectivity index (χ0) is 25.5. The smallest absolute Gasteiger partial charge is 0.125 e. The minimum absolute atomic E-state index is 0.0566. The Kier molecular flexibility index (Phi) is 8.58. The van der Waals surface area contributed by atoms with Crippen LogP contribution in [0, 0.1) is 0 Å². The highest BCUT2D eigenvalue weighted by Gasteiger charge is 2.24. The maximum absolute atomic E-state index is 6.07. The van der Waals surface area contributed by atoms with Crippen LogP contribution >= 0.6 is 0 Å². The average Bonchev–Trinajstić information content (AvgIpc) is 3.33. The summed E-state index contributed by atoms with van der Waals surface area (Å²) in [7, 11) is 5.96. The number of para-hydroxylation sites is 1. The molecule has 1 atom stereocenters. The van der Waals surface area contributed by atoms with Gasteiger partial charge in [-0.25, -0.2) is 0 Å². The Bertz CT molecular complexity index is 1230. The third kappa shape index (κ3) is 5.53. The summed E-state index contributed by atoms with van der Waals surface area (Å²) in [6.07, 6.45) is 6.96. The molecule has 4 heteroatoms. The van der Waals surface area contributed by atoms with E-state index in [4.69, 9.17) is 4.74 Å². The highest BCUT2D eigenvalue weighted by atomic mass is 16.5. The lowest BCUT2D eigenvalue weighted by Gasteiger charge is -2.27. The molecule has 190 valence electrons. The molecule has 1 N–H and O–H groups in total. The number of H-pyrrole nitrogens is 1. The molecule has 1 aromatic heterocycles. The van der Waals surface area contributed by atoms with Crippen molar-refractivity contribution < 1.29 is 4.74 Å². The fraction of sp³-hybridized carbons (Fsp3) is 0.375. The molecule has 4 nitrogen and oxygen atoms in total. The quantitative estimate of drug-likeness (QED) is 0.223. The summed E-state index contributed by atoms with van der Waals surface area (Å²) in [5.41, 5.74) is 7.31. The predicted octanol–water partition coefficient (Wildman–Crippen LogP) is 7.83. The lowest BCUT2D eigenvalue weighted by atomic mass is 9.84. The van der Waals surface area contributed by atoms with Crippen molar-refractivity contribution in [3.05, 3.63) is 89.6 Å². The Labute approximate surface area is 216 Å². The average molecular weight is 484 g/mol. The summed E-state index contributed by atoms with van der Waals surface area (Å²) >= 11 is 0. The number of ether oxygens (including phenoxy) is 1. The van der Waals surface area contributed by atoms with Gasteiger partial charge in [0, 0.05) is 73.2 Å². The summed E-state index contributed by atoms with van der Waals surface area (Å²) in [4.78, 5) is 8.15. The van der Waals surface area contributed by atoms with Crippen molar-refractivity contribution in [3.63, 3.8) is 0 Å². The van der Waals surface area contributed by atoms with E-state index < -0.39 is 0 Å². The van der Waals surface area contributed by atoms with E-state index in [1.807, 2.05) is 0 Å². The number of unbranched alkanes of at least 4 members (excludes halogenated alkanes) is 2. The largest absolute Gasteiger partial charge is 0.496 e. The third-order valence-electron chi connectivity index (χ3n) is 7.13. The number of nitrogens with one attached hydrogen (secondary N) is 1. The number of hydrogen-bond acceptors (Lipinski definition) is 3. The minimum atomic E-state index is 0.0566. The summed E-state index contributed by atoms with van der Waals surface area (Å²) in [5.74, 6) is 0.999. The van der Waals surface area contributed by atoms with E-state index in [1.165, 1.54) is 59.1 Å². The van der Waals surface area contributed by atoms with E-state index in [9.17, 15) is 0 Å². The number of aromatic nitrogens is 1. The molecule has 0 bridgehead atoms. The summed E-state index contributed by atoms with van der Waals surface area (Å²) in [6, 6.07) is 24.3. The van der Waals surface area contributed by atoms with Gasteiger partial charge in [0.2, 0.25) is 0 Å². The first-order chi connectivity index (χ1) is 17.6. The van der Waals surface area contributed by atoms with E-state index in [-0.39, 0.29) is 5.92 Å². The van der Waals surface area contributed by atoms with Crippen LogP contribution in [0.3, 0.4) is 0 Å². The molecule has 3 aromatic carbocycles. The van der Waals surface area contributed by atoms with Crippen molar-refractivity contribution in [2.24, 2.45) is 0 Å². The van der Waals surface area contributed by atoms with Crippen molar-refractivity contribution >= 4 is 22.3 Å². The maximum atomic E-state index is 6.07. The van der Waals surface area contributed by atoms with Crippen molar-refractivity contribution in [2.75, 3.05) is 44.1 Å². The molecule has 1 heterocycles. The fourth-order valence-corrected chi connectivity index (χ4v) is 5.03. The van der Waals surface area contributed by atoms with Gasteiger partial charge in [-0.2, -0.15) is 0 Å². The lowest BCUT2D eigenvalue weighted by Crippen LogP contribution is -2.25. The fourth-order valence-electron chi connectivity index (χ4n) is 5.03. The number of nitrogens with zero attached hydrogens (tertiary/aromatic N) is 2. The third-order valence-corrected chi connectivity index (χ3v) is 7.13. The Morgan fingerprint density at radius 3 is 2.11 bits per heavy atom. The van der Waals surface area contributed by atoms with Gasteiger partial charge in [0.25, 0.3) is 0 Å². The van der Waals surface area contributed by atoms with Gasteiger partial charge in [-0.15, -0.1) is 0 Å². The first-order valence-electron chi connectivity index (χ1n) is 13.3. The molecule has 4 rings (SSSR count). The number of aromatic amines is 1. The van der Waals surface area contributed by atoms with E-state index in [2.05, 4.69) is 116 Å². The minimum Gasteiger partial charge on any atom is -0.496 e. The Hall–Kier alpha value is -3.40. The van der Waals surface area contributed by atoms with Crippen LogP contribution in [0.25, 0.3) is 10.9 Å². The molecule has 0 amide bonds. The lowest BCUT2D eigenvalue weighted by molar-refractivity contribution is 0.409. The molecule has 0 spiro atoms. The van der Waals surface area contributed by atoms with Crippen LogP contribution in [-0.4, -0.2) is 39.3 Å². The molecule has 1 unspecified atom stereocenters. The second kappa shape index (κ2) is 12.0. The van der Waals surface area contributed by atoms with Crippen LogP contribution < -0.4 is 14.5 Å². The first-order valence-corrected chi connectivity index (χ1v) is 13.3. The molecular weight excluding hydrogens is 442 g/mol. The Morgan fingerprint density at radius 2 is 1.47 bits per heavy atom. The van der Waals surface area contributed by atoms with E-state index in [1.54, 1.807) is 7.11 Å². The molecule has 4 aromatic rings. The number of hydrogen-bond donors (Lipinski definition) is 1. The highest BCUT2D eigenvalue weighted by molar-refractivity contribution is 5.85.